The van der Waals surface area contributed by atoms with Gasteiger partial charge in [-0.2, -0.15) is 0 Å². The van der Waals surface area contributed by atoms with E-state index in [4.69, 9.17) is 0 Å². The third-order valence-corrected chi connectivity index (χ3v) is 6.16. The molecule has 158 valence electrons. The summed E-state index contributed by atoms with van der Waals surface area (Å²) < 4.78 is 1.94. The molecule has 30 heavy (non-hydrogen) atoms. The number of anilines is 2. The number of aryl methyl sites for hydroxylation is 1. The first kappa shape index (κ1) is 21.9. The predicted molar refractivity (Wildman–Crippen MR) is 125 cm³/mol. The number of benzene rings is 2. The molecule has 6 nitrogen and oxygen atoms in total. The van der Waals surface area contributed by atoms with E-state index in [9.17, 15) is 4.79 Å². The van der Waals surface area contributed by atoms with Gasteiger partial charge in [0.1, 0.15) is 0 Å². The molecule has 3 aromatic rings. The average molecular weight is 424 g/mol. The predicted octanol–water partition coefficient (Wildman–Crippen LogP) is 4.76. The molecule has 0 bridgehead atoms. The van der Waals surface area contributed by atoms with Crippen molar-refractivity contribution < 1.29 is 4.79 Å². The topological polar surface area (TPSA) is 63.1 Å². The number of rotatable bonds is 8. The van der Waals surface area contributed by atoms with Crippen LogP contribution in [0.2, 0.25) is 0 Å². The Bertz CT molecular complexity index is 995. The molecule has 0 saturated heterocycles. The van der Waals surface area contributed by atoms with Gasteiger partial charge >= 0.3 is 0 Å². The second-order valence-corrected chi connectivity index (χ2v) is 8.51. The SMILES string of the molecule is CCN(CC)c1ccc(-c2nnc(SC(C)C(=O)Nc3cccc(C)c3)n2C)cc1. The van der Waals surface area contributed by atoms with Crippen LogP contribution in [-0.2, 0) is 11.8 Å². The van der Waals surface area contributed by atoms with E-state index < -0.39 is 0 Å². The summed E-state index contributed by atoms with van der Waals surface area (Å²) in [5.74, 6) is 0.730. The highest BCUT2D eigenvalue weighted by molar-refractivity contribution is 8.00. The minimum atomic E-state index is -0.300. The number of amides is 1. The third-order valence-electron chi connectivity index (χ3n) is 5.03. The molecule has 1 N–H and O–H groups in total. The molecule has 0 aliphatic heterocycles. The van der Waals surface area contributed by atoms with Crippen LogP contribution in [0.25, 0.3) is 11.4 Å². The van der Waals surface area contributed by atoms with E-state index in [2.05, 4.69) is 58.5 Å². The molecule has 0 aliphatic rings. The molecule has 1 heterocycles. The fraction of sp³-hybridized carbons (Fsp3) is 0.348. The third kappa shape index (κ3) is 5.02. The maximum Gasteiger partial charge on any atom is 0.237 e. The summed E-state index contributed by atoms with van der Waals surface area (Å²) in [4.78, 5) is 14.9. The van der Waals surface area contributed by atoms with Crippen LogP contribution in [0.3, 0.4) is 0 Å². The van der Waals surface area contributed by atoms with Crippen LogP contribution in [-0.4, -0.2) is 39.0 Å². The summed E-state index contributed by atoms with van der Waals surface area (Å²) in [6.07, 6.45) is 0. The highest BCUT2D eigenvalue weighted by Crippen LogP contribution is 2.27. The van der Waals surface area contributed by atoms with Gasteiger partial charge in [-0.15, -0.1) is 10.2 Å². The summed E-state index contributed by atoms with van der Waals surface area (Å²) in [5.41, 5.74) is 4.11. The summed E-state index contributed by atoms with van der Waals surface area (Å²) in [6.45, 7) is 10.1. The minimum absolute atomic E-state index is 0.0567. The summed E-state index contributed by atoms with van der Waals surface area (Å²) in [7, 11) is 1.93. The van der Waals surface area contributed by atoms with Gasteiger partial charge in [0, 0.05) is 37.1 Å². The quantitative estimate of drug-likeness (QED) is 0.530. The lowest BCUT2D eigenvalue weighted by Crippen LogP contribution is -2.22. The highest BCUT2D eigenvalue weighted by Gasteiger charge is 2.19. The number of carbonyl (C=O) groups is 1. The zero-order valence-electron chi connectivity index (χ0n) is 18.2. The van der Waals surface area contributed by atoms with Crippen molar-refractivity contribution in [3.63, 3.8) is 0 Å². The van der Waals surface area contributed by atoms with Crippen LogP contribution in [0.5, 0.6) is 0 Å². The van der Waals surface area contributed by atoms with Gasteiger partial charge in [-0.3, -0.25) is 4.79 Å². The van der Waals surface area contributed by atoms with E-state index in [1.807, 2.05) is 49.7 Å². The van der Waals surface area contributed by atoms with Crippen LogP contribution in [0.15, 0.2) is 53.7 Å². The Morgan fingerprint density at radius 2 is 1.83 bits per heavy atom. The fourth-order valence-electron chi connectivity index (χ4n) is 3.26. The molecule has 0 radical (unpaired) electrons. The van der Waals surface area contributed by atoms with E-state index >= 15 is 0 Å². The maximum atomic E-state index is 12.6. The normalized spacial score (nSPS) is 11.9. The number of hydrogen-bond donors (Lipinski definition) is 1. The van der Waals surface area contributed by atoms with E-state index in [0.717, 1.165) is 35.7 Å². The molecule has 1 atom stereocenters. The minimum Gasteiger partial charge on any atom is -0.372 e. The van der Waals surface area contributed by atoms with Crippen molar-refractivity contribution in [2.45, 2.75) is 38.1 Å². The Morgan fingerprint density at radius 1 is 1.13 bits per heavy atom. The Morgan fingerprint density at radius 3 is 2.47 bits per heavy atom. The summed E-state index contributed by atoms with van der Waals surface area (Å²) in [5, 5.41) is 12.0. The van der Waals surface area contributed by atoms with E-state index in [1.54, 1.807) is 0 Å². The molecule has 1 unspecified atom stereocenters. The molecule has 1 aromatic heterocycles. The van der Waals surface area contributed by atoms with Crippen LogP contribution in [0.4, 0.5) is 11.4 Å². The van der Waals surface area contributed by atoms with Gasteiger partial charge in [-0.1, -0.05) is 23.9 Å². The summed E-state index contributed by atoms with van der Waals surface area (Å²) in [6, 6.07) is 16.2. The zero-order chi connectivity index (χ0) is 21.7. The number of thioether (sulfide) groups is 1. The zero-order valence-corrected chi connectivity index (χ0v) is 19.0. The Hall–Kier alpha value is -2.80. The summed E-state index contributed by atoms with van der Waals surface area (Å²) >= 11 is 1.40. The standard InChI is InChI=1S/C23H29N5OS/c1-6-28(7-2)20-13-11-18(12-14-20)21-25-26-23(27(21)5)30-17(4)22(29)24-19-10-8-9-16(3)15-19/h8-15,17H,6-7H2,1-5H3,(H,24,29). The molecular formula is C23H29N5OS. The first-order chi connectivity index (χ1) is 14.4. The molecule has 0 fully saturated rings. The van der Waals surface area contributed by atoms with Crippen molar-refractivity contribution >= 4 is 29.0 Å². The van der Waals surface area contributed by atoms with Gasteiger partial charge in [0.25, 0.3) is 0 Å². The van der Waals surface area contributed by atoms with Crippen LogP contribution < -0.4 is 10.2 Å². The number of aromatic nitrogens is 3. The van der Waals surface area contributed by atoms with Crippen LogP contribution in [0, 0.1) is 6.92 Å². The molecular weight excluding hydrogens is 394 g/mol. The number of hydrogen-bond acceptors (Lipinski definition) is 5. The second kappa shape index (κ2) is 9.80. The van der Waals surface area contributed by atoms with Crippen molar-refractivity contribution in [3.05, 3.63) is 54.1 Å². The van der Waals surface area contributed by atoms with Gasteiger partial charge in [0.05, 0.1) is 5.25 Å². The van der Waals surface area contributed by atoms with Gasteiger partial charge in [-0.05, 0) is 69.7 Å². The maximum absolute atomic E-state index is 12.6. The molecule has 0 saturated carbocycles. The first-order valence-corrected chi connectivity index (χ1v) is 11.1. The molecule has 0 spiro atoms. The fourth-order valence-corrected chi connectivity index (χ4v) is 4.07. The smallest absolute Gasteiger partial charge is 0.237 e. The molecule has 3 rings (SSSR count). The van der Waals surface area contributed by atoms with Crippen molar-refractivity contribution in [1.29, 1.82) is 0 Å². The van der Waals surface area contributed by atoms with Gasteiger partial charge < -0.3 is 14.8 Å². The largest absolute Gasteiger partial charge is 0.372 e. The molecule has 0 aliphatic carbocycles. The molecule has 1 amide bonds. The molecule has 7 heteroatoms. The Kier molecular flexibility index (Phi) is 7.15. The van der Waals surface area contributed by atoms with E-state index in [-0.39, 0.29) is 11.2 Å². The first-order valence-electron chi connectivity index (χ1n) is 10.2. The highest BCUT2D eigenvalue weighted by atomic mass is 32.2. The Balaban J connectivity index is 1.69. The number of carbonyl (C=O) groups excluding carboxylic acids is 1. The second-order valence-electron chi connectivity index (χ2n) is 7.20. The lowest BCUT2D eigenvalue weighted by atomic mass is 10.2. The van der Waals surface area contributed by atoms with Crippen LogP contribution in [0.1, 0.15) is 26.3 Å². The molecule has 2 aromatic carbocycles. The van der Waals surface area contributed by atoms with Gasteiger partial charge in [-0.25, -0.2) is 0 Å². The average Bonchev–Trinajstić information content (AvgIpc) is 3.09. The van der Waals surface area contributed by atoms with Crippen molar-refractivity contribution in [1.82, 2.24) is 14.8 Å². The number of nitrogens with zero attached hydrogens (tertiary/aromatic N) is 4. The monoisotopic (exact) mass is 423 g/mol. The van der Waals surface area contributed by atoms with Crippen LogP contribution >= 0.6 is 11.8 Å². The van der Waals surface area contributed by atoms with E-state index in [1.165, 1.54) is 17.4 Å². The lowest BCUT2D eigenvalue weighted by molar-refractivity contribution is -0.115. The Labute approximate surface area is 182 Å². The number of nitrogens with one attached hydrogen (secondary N) is 1. The van der Waals surface area contributed by atoms with Gasteiger partial charge in [0.15, 0.2) is 11.0 Å². The van der Waals surface area contributed by atoms with Crippen molar-refractivity contribution in [2.75, 3.05) is 23.3 Å². The van der Waals surface area contributed by atoms with Crippen molar-refractivity contribution in [3.8, 4) is 11.4 Å². The van der Waals surface area contributed by atoms with E-state index in [0.29, 0.717) is 5.16 Å². The lowest BCUT2D eigenvalue weighted by Gasteiger charge is -2.21. The van der Waals surface area contributed by atoms with Gasteiger partial charge in [0.2, 0.25) is 5.91 Å². The van der Waals surface area contributed by atoms with Crippen molar-refractivity contribution in [2.24, 2.45) is 7.05 Å².